The van der Waals surface area contributed by atoms with Crippen LogP contribution in [0.4, 0.5) is 0 Å². The van der Waals surface area contributed by atoms with Gasteiger partial charge in [-0.15, -0.1) is 0 Å². The number of hydrogen-bond acceptors (Lipinski definition) is 4. The first-order valence-corrected chi connectivity index (χ1v) is 12.9. The van der Waals surface area contributed by atoms with Crippen LogP contribution in [0, 0.1) is 12.3 Å². The van der Waals surface area contributed by atoms with Crippen LogP contribution in [0.15, 0.2) is 42.9 Å². The Morgan fingerprint density at radius 3 is 2.43 bits per heavy atom. The van der Waals surface area contributed by atoms with Crippen molar-refractivity contribution < 1.29 is 0 Å². The minimum absolute atomic E-state index is 0.331. The summed E-state index contributed by atoms with van der Waals surface area (Å²) in [5, 5.41) is 12.5. The van der Waals surface area contributed by atoms with Crippen molar-refractivity contribution in [2.24, 2.45) is 5.41 Å². The molecule has 35 heavy (non-hydrogen) atoms. The van der Waals surface area contributed by atoms with Crippen LogP contribution in [0.1, 0.15) is 76.0 Å². The van der Waals surface area contributed by atoms with Crippen molar-refractivity contribution in [2.75, 3.05) is 19.6 Å². The van der Waals surface area contributed by atoms with E-state index in [1.165, 1.54) is 49.2 Å². The van der Waals surface area contributed by atoms with E-state index in [4.69, 9.17) is 5.10 Å². The third-order valence-electron chi connectivity index (χ3n) is 7.17. The first-order chi connectivity index (χ1) is 16.7. The van der Waals surface area contributed by atoms with Crippen molar-refractivity contribution >= 4 is 5.65 Å². The van der Waals surface area contributed by atoms with Gasteiger partial charge in [0, 0.05) is 23.9 Å². The molecule has 1 saturated heterocycles. The molecule has 4 heterocycles. The van der Waals surface area contributed by atoms with Gasteiger partial charge in [0.2, 0.25) is 0 Å². The molecule has 0 unspecified atom stereocenters. The summed E-state index contributed by atoms with van der Waals surface area (Å²) in [4.78, 5) is 6.98. The zero-order valence-corrected chi connectivity index (χ0v) is 22.0. The van der Waals surface area contributed by atoms with E-state index >= 15 is 0 Å². The number of pyridine rings is 1. The number of nitrogens with zero attached hydrogens (tertiary/aromatic N) is 5. The third-order valence-corrected chi connectivity index (χ3v) is 7.17. The normalized spacial score (nSPS) is 16.0. The Hall–Kier alpha value is -2.99. The van der Waals surface area contributed by atoms with E-state index < -0.39 is 0 Å². The predicted molar refractivity (Wildman–Crippen MR) is 143 cm³/mol. The average Bonchev–Trinajstić information content (AvgIpc) is 3.46. The summed E-state index contributed by atoms with van der Waals surface area (Å²) in [6.07, 6.45) is 6.10. The van der Waals surface area contributed by atoms with E-state index in [2.05, 4.69) is 92.0 Å². The topological polar surface area (TPSA) is 62.1 Å². The van der Waals surface area contributed by atoms with Gasteiger partial charge in [0.25, 0.3) is 0 Å². The fraction of sp³-hybridized carbons (Fsp3) is 0.483. The minimum Gasteiger partial charge on any atom is -0.303 e. The molecule has 1 fully saturated rings. The molecular weight excluding hydrogens is 432 g/mol. The lowest BCUT2D eigenvalue weighted by Gasteiger charge is -2.36. The van der Waals surface area contributed by atoms with E-state index in [1.54, 1.807) is 6.33 Å². The molecule has 5 rings (SSSR count). The maximum Gasteiger partial charge on any atom is 0.158 e. The monoisotopic (exact) mass is 470 g/mol. The molecule has 0 spiro atoms. The molecule has 0 aliphatic carbocycles. The lowest BCUT2D eigenvalue weighted by Crippen LogP contribution is -2.38. The largest absolute Gasteiger partial charge is 0.303 e. The van der Waals surface area contributed by atoms with Crippen LogP contribution < -0.4 is 0 Å². The Labute approximate surface area is 208 Å². The number of H-pyrrole nitrogens is 1. The van der Waals surface area contributed by atoms with E-state index in [1.807, 2.05) is 10.7 Å². The highest BCUT2D eigenvalue weighted by Gasteiger charge is 2.25. The van der Waals surface area contributed by atoms with Crippen LogP contribution in [0.25, 0.3) is 28.2 Å². The summed E-state index contributed by atoms with van der Waals surface area (Å²) < 4.78 is 1.84. The number of fused-ring (bicyclic) bond motifs is 1. The number of nitrogens with one attached hydrogen (secondary N) is 1. The summed E-state index contributed by atoms with van der Waals surface area (Å²) >= 11 is 0. The Kier molecular flexibility index (Phi) is 6.26. The van der Waals surface area contributed by atoms with Crippen LogP contribution in [0.5, 0.6) is 0 Å². The molecule has 6 nitrogen and oxygen atoms in total. The molecule has 6 heteroatoms. The zero-order chi connectivity index (χ0) is 24.7. The van der Waals surface area contributed by atoms with E-state index in [9.17, 15) is 0 Å². The number of aryl methyl sites for hydroxylation is 1. The molecule has 0 bridgehead atoms. The van der Waals surface area contributed by atoms with Gasteiger partial charge in [0.05, 0.1) is 11.4 Å². The van der Waals surface area contributed by atoms with E-state index in [0.717, 1.165) is 28.2 Å². The predicted octanol–water partition coefficient (Wildman–Crippen LogP) is 6.44. The highest BCUT2D eigenvalue weighted by atomic mass is 15.3. The van der Waals surface area contributed by atoms with Gasteiger partial charge in [0.1, 0.15) is 6.33 Å². The van der Waals surface area contributed by atoms with Gasteiger partial charge >= 0.3 is 0 Å². The quantitative estimate of drug-likeness (QED) is 0.364. The summed E-state index contributed by atoms with van der Waals surface area (Å²) in [6.45, 7) is 17.1. The zero-order valence-electron chi connectivity index (χ0n) is 22.0. The molecule has 1 N–H and O–H groups in total. The van der Waals surface area contributed by atoms with Crippen molar-refractivity contribution in [1.82, 2.24) is 29.7 Å². The lowest BCUT2D eigenvalue weighted by molar-refractivity contribution is 0.154. The highest BCUT2D eigenvalue weighted by Crippen LogP contribution is 2.37. The second kappa shape index (κ2) is 9.23. The van der Waals surface area contributed by atoms with Crippen molar-refractivity contribution in [3.8, 4) is 22.5 Å². The molecule has 1 aliphatic heterocycles. The summed E-state index contributed by atoms with van der Waals surface area (Å²) in [5.74, 6) is 0.983. The smallest absolute Gasteiger partial charge is 0.158 e. The fourth-order valence-electron chi connectivity index (χ4n) is 5.59. The third kappa shape index (κ3) is 4.90. The van der Waals surface area contributed by atoms with Crippen LogP contribution in [0.2, 0.25) is 0 Å². The van der Waals surface area contributed by atoms with Crippen LogP contribution in [0.3, 0.4) is 0 Å². The van der Waals surface area contributed by atoms with Crippen molar-refractivity contribution in [3.63, 3.8) is 0 Å². The standard InChI is InChI=1S/C29H38N6/c1-19(2)25-26(32-33-27(25)24-15-20(3)28-30-18-31-35(28)16-24)23-9-7-21(8-10-23)22-11-13-34(14-12-22)17-29(4,5)6/h7-10,15-16,18-19,22H,11-14,17H2,1-6H3,(H,32,33). The van der Waals surface area contributed by atoms with E-state index in [-0.39, 0.29) is 0 Å². The summed E-state index contributed by atoms with van der Waals surface area (Å²) in [6, 6.07) is 11.4. The average molecular weight is 471 g/mol. The molecule has 0 amide bonds. The first kappa shape index (κ1) is 23.7. The molecule has 3 aromatic heterocycles. The van der Waals surface area contributed by atoms with Gasteiger partial charge in [-0.05, 0) is 72.9 Å². The second-order valence-electron chi connectivity index (χ2n) is 11.7. The van der Waals surface area contributed by atoms with Gasteiger partial charge < -0.3 is 4.90 Å². The molecule has 184 valence electrons. The van der Waals surface area contributed by atoms with Crippen molar-refractivity contribution in [2.45, 2.75) is 66.2 Å². The molecule has 0 radical (unpaired) electrons. The van der Waals surface area contributed by atoms with Crippen LogP contribution >= 0.6 is 0 Å². The Morgan fingerprint density at radius 2 is 1.77 bits per heavy atom. The second-order valence-corrected chi connectivity index (χ2v) is 11.7. The van der Waals surface area contributed by atoms with Crippen molar-refractivity contribution in [3.05, 3.63) is 59.5 Å². The fourth-order valence-corrected chi connectivity index (χ4v) is 5.59. The number of aromatic nitrogens is 5. The van der Waals surface area contributed by atoms with Gasteiger partial charge in [-0.2, -0.15) is 10.2 Å². The van der Waals surface area contributed by atoms with Gasteiger partial charge in [-0.1, -0.05) is 58.9 Å². The highest BCUT2D eigenvalue weighted by molar-refractivity contribution is 5.76. The minimum atomic E-state index is 0.331. The molecule has 1 aromatic carbocycles. The van der Waals surface area contributed by atoms with Crippen LogP contribution in [-0.4, -0.2) is 49.3 Å². The number of rotatable bonds is 5. The molecule has 4 aromatic rings. The number of likely N-dealkylation sites (tertiary alicyclic amines) is 1. The molecule has 1 aliphatic rings. The Balaban J connectivity index is 1.38. The number of benzene rings is 1. The molecule has 0 atom stereocenters. The van der Waals surface area contributed by atoms with Crippen LogP contribution in [-0.2, 0) is 0 Å². The summed E-state index contributed by atoms with van der Waals surface area (Å²) in [5.41, 5.74) is 9.40. The molecular formula is C29H38N6. The number of hydrogen-bond donors (Lipinski definition) is 1. The maximum absolute atomic E-state index is 4.77. The maximum atomic E-state index is 4.77. The Bertz CT molecular complexity index is 1300. The number of piperidine rings is 1. The van der Waals surface area contributed by atoms with Gasteiger partial charge in [-0.3, -0.25) is 5.10 Å². The SMILES string of the molecule is Cc1cc(-c2n[nH]c(-c3ccc(C4CCN(CC(C)(C)C)CC4)cc3)c2C(C)C)cn2ncnc12. The number of aromatic amines is 1. The van der Waals surface area contributed by atoms with E-state index in [0.29, 0.717) is 17.3 Å². The molecule has 0 saturated carbocycles. The lowest BCUT2D eigenvalue weighted by atomic mass is 9.87. The first-order valence-electron chi connectivity index (χ1n) is 12.9. The van der Waals surface area contributed by atoms with Crippen molar-refractivity contribution in [1.29, 1.82) is 0 Å². The summed E-state index contributed by atoms with van der Waals surface area (Å²) in [7, 11) is 0. The Morgan fingerprint density at radius 1 is 1.06 bits per heavy atom. The van der Waals surface area contributed by atoms with Gasteiger partial charge in [-0.25, -0.2) is 9.50 Å². The van der Waals surface area contributed by atoms with Gasteiger partial charge in [0.15, 0.2) is 5.65 Å².